The molecule has 2 aromatic carbocycles. The maximum absolute atomic E-state index is 9.31. The Morgan fingerprint density at radius 2 is 2.00 bits per heavy atom. The molecule has 0 bridgehead atoms. The van der Waals surface area contributed by atoms with Crippen LogP contribution in [0.5, 0.6) is 0 Å². The monoisotopic (exact) mass is 230 g/mol. The summed E-state index contributed by atoms with van der Waals surface area (Å²) in [6, 6.07) is 12.1. The van der Waals surface area contributed by atoms with E-state index in [4.69, 9.17) is 11.6 Å². The molecule has 0 radical (unpaired) electrons. The summed E-state index contributed by atoms with van der Waals surface area (Å²) in [6.07, 6.45) is 0.877. The van der Waals surface area contributed by atoms with Crippen molar-refractivity contribution in [1.29, 1.82) is 0 Å². The Bertz CT molecular complexity index is 561. The molecule has 1 N–H and O–H groups in total. The molecule has 1 aliphatic carbocycles. The second-order valence-electron chi connectivity index (χ2n) is 4.08. The molecule has 1 aliphatic rings. The van der Waals surface area contributed by atoms with Crippen molar-refractivity contribution < 1.29 is 5.11 Å². The topological polar surface area (TPSA) is 20.2 Å². The highest BCUT2D eigenvalue weighted by Gasteiger charge is 2.20. The fraction of sp³-hybridized carbons (Fsp3) is 0.143. The third-order valence-electron chi connectivity index (χ3n) is 3.17. The summed E-state index contributed by atoms with van der Waals surface area (Å²) in [5, 5.41) is 10.1. The van der Waals surface area contributed by atoms with Crippen molar-refractivity contribution in [3.63, 3.8) is 0 Å². The lowest BCUT2D eigenvalue weighted by atomic mass is 10.0. The molecule has 0 saturated heterocycles. The molecule has 0 spiro atoms. The maximum Gasteiger partial charge on any atom is 0.0684 e. The SMILES string of the molecule is OCc1cccc2c1Cc1cc(Cl)ccc1-2. The zero-order valence-corrected chi connectivity index (χ0v) is 9.46. The average molecular weight is 231 g/mol. The van der Waals surface area contributed by atoms with Crippen molar-refractivity contribution in [2.45, 2.75) is 13.0 Å². The first kappa shape index (κ1) is 9.88. The van der Waals surface area contributed by atoms with Gasteiger partial charge in [0, 0.05) is 5.02 Å². The van der Waals surface area contributed by atoms with Crippen molar-refractivity contribution >= 4 is 11.6 Å². The fourth-order valence-electron chi connectivity index (χ4n) is 2.41. The molecule has 16 heavy (non-hydrogen) atoms. The summed E-state index contributed by atoms with van der Waals surface area (Å²) in [4.78, 5) is 0. The summed E-state index contributed by atoms with van der Waals surface area (Å²) < 4.78 is 0. The Balaban J connectivity index is 2.23. The smallest absolute Gasteiger partial charge is 0.0684 e. The highest BCUT2D eigenvalue weighted by Crippen LogP contribution is 2.39. The van der Waals surface area contributed by atoms with Crippen LogP contribution in [-0.4, -0.2) is 5.11 Å². The van der Waals surface area contributed by atoms with Gasteiger partial charge < -0.3 is 5.11 Å². The van der Waals surface area contributed by atoms with E-state index in [2.05, 4.69) is 12.1 Å². The minimum absolute atomic E-state index is 0.102. The average Bonchev–Trinajstić information content (AvgIpc) is 2.65. The van der Waals surface area contributed by atoms with Gasteiger partial charge in [0.1, 0.15) is 0 Å². The van der Waals surface area contributed by atoms with Crippen molar-refractivity contribution in [2.75, 3.05) is 0 Å². The van der Waals surface area contributed by atoms with E-state index in [1.807, 2.05) is 24.3 Å². The van der Waals surface area contributed by atoms with Crippen LogP contribution in [0.1, 0.15) is 16.7 Å². The van der Waals surface area contributed by atoms with Crippen LogP contribution < -0.4 is 0 Å². The van der Waals surface area contributed by atoms with E-state index in [1.54, 1.807) is 0 Å². The van der Waals surface area contributed by atoms with Crippen LogP contribution in [0.15, 0.2) is 36.4 Å². The zero-order valence-electron chi connectivity index (χ0n) is 8.70. The lowest BCUT2D eigenvalue weighted by molar-refractivity contribution is 0.281. The molecule has 0 amide bonds. The number of aliphatic hydroxyl groups is 1. The van der Waals surface area contributed by atoms with Crippen LogP contribution in [0.2, 0.25) is 5.02 Å². The summed E-state index contributed by atoms with van der Waals surface area (Å²) in [6.45, 7) is 0.102. The maximum atomic E-state index is 9.31. The standard InChI is InChI=1S/C14H11ClO/c15-11-4-5-12-10(6-11)7-14-9(8-16)2-1-3-13(12)14/h1-6,16H,7-8H2. The van der Waals surface area contributed by atoms with Crippen molar-refractivity contribution in [1.82, 2.24) is 0 Å². The molecule has 0 heterocycles. The van der Waals surface area contributed by atoms with Gasteiger partial charge in [-0.25, -0.2) is 0 Å². The number of fused-ring (bicyclic) bond motifs is 3. The first-order valence-electron chi connectivity index (χ1n) is 5.30. The minimum Gasteiger partial charge on any atom is -0.392 e. The Morgan fingerprint density at radius 1 is 1.12 bits per heavy atom. The van der Waals surface area contributed by atoms with Gasteiger partial charge >= 0.3 is 0 Å². The number of halogens is 1. The first-order chi connectivity index (χ1) is 7.79. The van der Waals surface area contributed by atoms with Crippen LogP contribution >= 0.6 is 11.6 Å². The zero-order chi connectivity index (χ0) is 11.1. The molecule has 0 atom stereocenters. The Kier molecular flexibility index (Phi) is 2.23. The van der Waals surface area contributed by atoms with E-state index < -0.39 is 0 Å². The molecule has 80 valence electrons. The van der Waals surface area contributed by atoms with Crippen LogP contribution in [-0.2, 0) is 13.0 Å². The summed E-state index contributed by atoms with van der Waals surface area (Å²) >= 11 is 5.99. The van der Waals surface area contributed by atoms with Crippen molar-refractivity contribution in [3.8, 4) is 11.1 Å². The van der Waals surface area contributed by atoms with Gasteiger partial charge in [-0.15, -0.1) is 0 Å². The number of rotatable bonds is 1. The molecule has 2 heteroatoms. The molecule has 3 rings (SSSR count). The molecule has 1 nitrogen and oxygen atoms in total. The van der Waals surface area contributed by atoms with E-state index in [-0.39, 0.29) is 6.61 Å². The molecule has 0 unspecified atom stereocenters. The molecule has 2 aromatic rings. The van der Waals surface area contributed by atoms with Crippen molar-refractivity contribution in [3.05, 3.63) is 58.1 Å². The van der Waals surface area contributed by atoms with Gasteiger partial charge in [0.15, 0.2) is 0 Å². The predicted molar refractivity (Wildman–Crippen MR) is 65.6 cm³/mol. The van der Waals surface area contributed by atoms with E-state index in [0.29, 0.717) is 0 Å². The summed E-state index contributed by atoms with van der Waals surface area (Å²) in [5.74, 6) is 0. The van der Waals surface area contributed by atoms with Crippen LogP contribution in [0.3, 0.4) is 0 Å². The summed E-state index contributed by atoms with van der Waals surface area (Å²) in [7, 11) is 0. The highest BCUT2D eigenvalue weighted by molar-refractivity contribution is 6.30. The number of benzene rings is 2. The predicted octanol–water partition coefficient (Wildman–Crippen LogP) is 3.40. The van der Waals surface area contributed by atoms with Gasteiger partial charge in [0.05, 0.1) is 6.61 Å². The van der Waals surface area contributed by atoms with Crippen molar-refractivity contribution in [2.24, 2.45) is 0 Å². The molecule has 0 aromatic heterocycles. The molecule has 0 fully saturated rings. The Morgan fingerprint density at radius 3 is 2.81 bits per heavy atom. The van der Waals surface area contributed by atoms with Gasteiger partial charge in [-0.2, -0.15) is 0 Å². The molecular weight excluding hydrogens is 220 g/mol. The Labute approximate surface area is 99.3 Å². The van der Waals surface area contributed by atoms with Crippen LogP contribution in [0.4, 0.5) is 0 Å². The Hall–Kier alpha value is -1.31. The van der Waals surface area contributed by atoms with E-state index in [1.165, 1.54) is 22.3 Å². The van der Waals surface area contributed by atoms with Crippen LogP contribution in [0, 0.1) is 0 Å². The van der Waals surface area contributed by atoms with Gasteiger partial charge in [-0.1, -0.05) is 35.9 Å². The quantitative estimate of drug-likeness (QED) is 0.679. The molecular formula is C14H11ClO. The third-order valence-corrected chi connectivity index (χ3v) is 3.40. The van der Waals surface area contributed by atoms with E-state index in [9.17, 15) is 5.11 Å². The lowest BCUT2D eigenvalue weighted by Crippen LogP contribution is -1.91. The van der Waals surface area contributed by atoms with Gasteiger partial charge in [0.2, 0.25) is 0 Å². The number of hydrogen-bond donors (Lipinski definition) is 1. The lowest BCUT2D eigenvalue weighted by Gasteiger charge is -2.04. The fourth-order valence-corrected chi connectivity index (χ4v) is 2.60. The molecule has 0 saturated carbocycles. The first-order valence-corrected chi connectivity index (χ1v) is 5.68. The van der Waals surface area contributed by atoms with E-state index >= 15 is 0 Å². The van der Waals surface area contributed by atoms with Crippen LogP contribution in [0.25, 0.3) is 11.1 Å². The van der Waals surface area contributed by atoms with Gasteiger partial charge in [0.25, 0.3) is 0 Å². The highest BCUT2D eigenvalue weighted by atomic mass is 35.5. The summed E-state index contributed by atoms with van der Waals surface area (Å²) in [5.41, 5.74) is 5.99. The largest absolute Gasteiger partial charge is 0.392 e. The normalized spacial score (nSPS) is 12.4. The minimum atomic E-state index is 0.102. The van der Waals surface area contributed by atoms with Gasteiger partial charge in [-0.05, 0) is 46.4 Å². The van der Waals surface area contributed by atoms with Gasteiger partial charge in [-0.3, -0.25) is 0 Å². The number of hydrogen-bond acceptors (Lipinski definition) is 1. The second kappa shape index (κ2) is 3.62. The van der Waals surface area contributed by atoms with E-state index in [0.717, 1.165) is 17.0 Å². The second-order valence-corrected chi connectivity index (χ2v) is 4.52. The molecule has 0 aliphatic heterocycles. The number of aliphatic hydroxyl groups excluding tert-OH is 1. The third kappa shape index (κ3) is 1.36.